The summed E-state index contributed by atoms with van der Waals surface area (Å²) in [6.45, 7) is 3.46. The number of aromatic nitrogens is 3. The maximum atomic E-state index is 9.88. The van der Waals surface area contributed by atoms with Crippen molar-refractivity contribution in [3.8, 4) is 6.07 Å². The molecule has 29 heavy (non-hydrogen) atoms. The number of rotatable bonds is 6. The Morgan fingerprint density at radius 3 is 2.76 bits per heavy atom. The van der Waals surface area contributed by atoms with Gasteiger partial charge in [0.15, 0.2) is 0 Å². The van der Waals surface area contributed by atoms with E-state index in [2.05, 4.69) is 43.5 Å². The zero-order valence-corrected chi connectivity index (χ0v) is 16.1. The summed E-state index contributed by atoms with van der Waals surface area (Å²) in [6.07, 6.45) is 4.22. The van der Waals surface area contributed by atoms with Crippen LogP contribution in [0.2, 0.25) is 0 Å². The predicted molar refractivity (Wildman–Crippen MR) is 114 cm³/mol. The normalized spacial score (nSPS) is 14.0. The lowest BCUT2D eigenvalue weighted by molar-refractivity contribution is 0.939. The Labute approximate surface area is 169 Å². The van der Waals surface area contributed by atoms with Gasteiger partial charge in [0.1, 0.15) is 17.5 Å². The Hall–Kier alpha value is -3.92. The summed E-state index contributed by atoms with van der Waals surface area (Å²) in [5.74, 6) is 1.24. The number of fused-ring (bicyclic) bond motifs is 1. The molecule has 0 bridgehead atoms. The first-order valence-corrected chi connectivity index (χ1v) is 9.55. The van der Waals surface area contributed by atoms with Gasteiger partial charge < -0.3 is 15.5 Å². The van der Waals surface area contributed by atoms with Crippen molar-refractivity contribution in [2.75, 3.05) is 28.6 Å². The van der Waals surface area contributed by atoms with Gasteiger partial charge in [0, 0.05) is 37.6 Å². The molecule has 1 aliphatic rings. The van der Waals surface area contributed by atoms with Gasteiger partial charge in [0.2, 0.25) is 5.95 Å². The van der Waals surface area contributed by atoms with Crippen molar-refractivity contribution in [1.82, 2.24) is 15.0 Å². The molecule has 2 aromatic heterocycles. The van der Waals surface area contributed by atoms with E-state index in [1.165, 1.54) is 0 Å². The van der Waals surface area contributed by atoms with Crippen molar-refractivity contribution in [1.29, 1.82) is 5.26 Å². The highest BCUT2D eigenvalue weighted by atomic mass is 15.3. The summed E-state index contributed by atoms with van der Waals surface area (Å²) < 4.78 is 0. The van der Waals surface area contributed by atoms with Crippen LogP contribution >= 0.6 is 0 Å². The van der Waals surface area contributed by atoms with Crippen LogP contribution in [0.1, 0.15) is 18.3 Å². The van der Waals surface area contributed by atoms with Crippen LogP contribution in [-0.4, -0.2) is 28.0 Å². The van der Waals surface area contributed by atoms with Gasteiger partial charge in [0.05, 0.1) is 17.1 Å². The van der Waals surface area contributed by atoms with E-state index in [9.17, 15) is 5.26 Å². The quantitative estimate of drug-likeness (QED) is 0.628. The van der Waals surface area contributed by atoms with Crippen molar-refractivity contribution < 1.29 is 0 Å². The lowest BCUT2D eigenvalue weighted by Gasteiger charge is -2.19. The highest BCUT2D eigenvalue weighted by Gasteiger charge is 2.26. The van der Waals surface area contributed by atoms with Crippen LogP contribution in [-0.2, 0) is 6.42 Å². The van der Waals surface area contributed by atoms with E-state index in [1.807, 2.05) is 42.5 Å². The third kappa shape index (κ3) is 3.87. The Balaban J connectivity index is 1.56. The fraction of sp³-hybridized carbons (Fsp3) is 0.182. The smallest absolute Gasteiger partial charge is 0.223 e. The van der Waals surface area contributed by atoms with E-state index >= 15 is 0 Å². The van der Waals surface area contributed by atoms with Crippen molar-refractivity contribution in [3.05, 3.63) is 78.1 Å². The molecule has 1 aliphatic heterocycles. The van der Waals surface area contributed by atoms with Gasteiger partial charge in [-0.3, -0.25) is 4.98 Å². The number of nitrogens with zero attached hydrogens (tertiary/aromatic N) is 5. The first-order chi connectivity index (χ1) is 14.3. The third-order valence-corrected chi connectivity index (χ3v) is 4.68. The second kappa shape index (κ2) is 8.40. The maximum Gasteiger partial charge on any atom is 0.223 e. The van der Waals surface area contributed by atoms with Crippen LogP contribution in [0.25, 0.3) is 5.57 Å². The van der Waals surface area contributed by atoms with E-state index in [1.54, 1.807) is 18.5 Å². The van der Waals surface area contributed by atoms with Gasteiger partial charge in [-0.05, 0) is 37.3 Å². The Morgan fingerprint density at radius 2 is 1.97 bits per heavy atom. The molecule has 0 aliphatic carbocycles. The lowest BCUT2D eigenvalue weighted by atomic mass is 10.2. The van der Waals surface area contributed by atoms with Crippen molar-refractivity contribution in [3.63, 3.8) is 0 Å². The number of benzene rings is 1. The Bertz CT molecular complexity index is 1070. The largest absolute Gasteiger partial charge is 0.354 e. The first-order valence-electron chi connectivity index (χ1n) is 9.55. The topological polar surface area (TPSA) is 89.8 Å². The first kappa shape index (κ1) is 18.4. The monoisotopic (exact) mass is 383 g/mol. The molecule has 0 atom stereocenters. The van der Waals surface area contributed by atoms with Crippen LogP contribution in [0.5, 0.6) is 0 Å². The molecule has 4 rings (SSSR count). The van der Waals surface area contributed by atoms with Gasteiger partial charge in [-0.25, -0.2) is 9.97 Å². The zero-order valence-electron chi connectivity index (χ0n) is 16.1. The molecular formula is C22H21N7. The van der Waals surface area contributed by atoms with Crippen LogP contribution in [0.15, 0.2) is 66.7 Å². The van der Waals surface area contributed by atoms with E-state index in [0.717, 1.165) is 35.9 Å². The number of allylic oxidation sites excluding steroid dienone is 1. The molecule has 0 amide bonds. The second-order valence-corrected chi connectivity index (χ2v) is 6.49. The summed E-state index contributed by atoms with van der Waals surface area (Å²) in [5.41, 5.74) is 4.11. The summed E-state index contributed by atoms with van der Waals surface area (Å²) >= 11 is 0. The molecular weight excluding hydrogens is 362 g/mol. The van der Waals surface area contributed by atoms with Crippen LogP contribution in [0, 0.1) is 11.3 Å². The Kier molecular flexibility index (Phi) is 5.34. The molecule has 1 aromatic carbocycles. The average molecular weight is 383 g/mol. The van der Waals surface area contributed by atoms with E-state index in [-0.39, 0.29) is 0 Å². The molecule has 0 saturated carbocycles. The standard InChI is InChI=1S/C22H21N7/c1-2-29-20-9-4-3-8-19(20)27-21(29)17(15-23)18-11-14-26-22(28-18)25-13-10-16-7-5-6-12-24-16/h3-9,11-12,14,27H,2,10,13H2,1H3,(H,25,26,28)/b21-17+. The summed E-state index contributed by atoms with van der Waals surface area (Å²) in [4.78, 5) is 15.2. The number of nitriles is 1. The number of pyridine rings is 1. The predicted octanol–water partition coefficient (Wildman–Crippen LogP) is 3.67. The fourth-order valence-corrected chi connectivity index (χ4v) is 3.32. The molecule has 0 saturated heterocycles. The van der Waals surface area contributed by atoms with Gasteiger partial charge >= 0.3 is 0 Å². The molecule has 3 aromatic rings. The second-order valence-electron chi connectivity index (χ2n) is 6.49. The van der Waals surface area contributed by atoms with Gasteiger partial charge in [-0.1, -0.05) is 18.2 Å². The third-order valence-electron chi connectivity index (χ3n) is 4.68. The lowest BCUT2D eigenvalue weighted by Crippen LogP contribution is -2.21. The molecule has 7 heteroatoms. The van der Waals surface area contributed by atoms with Crippen LogP contribution in [0.4, 0.5) is 17.3 Å². The summed E-state index contributed by atoms with van der Waals surface area (Å²) in [7, 11) is 0. The number of hydrogen-bond acceptors (Lipinski definition) is 7. The van der Waals surface area contributed by atoms with Crippen LogP contribution < -0.4 is 15.5 Å². The summed E-state index contributed by atoms with van der Waals surface area (Å²) in [6, 6.07) is 17.9. The van der Waals surface area contributed by atoms with Crippen molar-refractivity contribution in [2.24, 2.45) is 0 Å². The molecule has 3 heterocycles. The Morgan fingerprint density at radius 1 is 1.10 bits per heavy atom. The van der Waals surface area contributed by atoms with E-state index < -0.39 is 0 Å². The van der Waals surface area contributed by atoms with Crippen molar-refractivity contribution in [2.45, 2.75) is 13.3 Å². The summed E-state index contributed by atoms with van der Waals surface area (Å²) in [5, 5.41) is 16.5. The van der Waals surface area contributed by atoms with Gasteiger partial charge in [-0.2, -0.15) is 5.26 Å². The molecule has 144 valence electrons. The molecule has 0 unspecified atom stereocenters. The molecule has 2 N–H and O–H groups in total. The average Bonchev–Trinajstić information content (AvgIpc) is 3.13. The molecule has 0 fully saturated rings. The minimum atomic E-state index is 0.484. The number of hydrogen-bond donors (Lipinski definition) is 2. The maximum absolute atomic E-state index is 9.88. The molecule has 7 nitrogen and oxygen atoms in total. The highest BCUT2D eigenvalue weighted by Crippen LogP contribution is 2.38. The highest BCUT2D eigenvalue weighted by molar-refractivity contribution is 5.90. The zero-order chi connectivity index (χ0) is 20.1. The van der Waals surface area contributed by atoms with E-state index in [4.69, 9.17) is 0 Å². The molecule has 0 spiro atoms. The SMILES string of the molecule is CCN1/C(=C(\C#N)c2ccnc(NCCc3ccccn3)n2)Nc2ccccc21. The molecule has 0 radical (unpaired) electrons. The van der Waals surface area contributed by atoms with Gasteiger partial charge in [-0.15, -0.1) is 0 Å². The minimum Gasteiger partial charge on any atom is -0.354 e. The number of nitrogens with one attached hydrogen (secondary N) is 2. The minimum absolute atomic E-state index is 0.484. The van der Waals surface area contributed by atoms with E-state index in [0.29, 0.717) is 23.8 Å². The number of para-hydroxylation sites is 2. The fourth-order valence-electron chi connectivity index (χ4n) is 3.32. The van der Waals surface area contributed by atoms with Gasteiger partial charge in [0.25, 0.3) is 0 Å². The van der Waals surface area contributed by atoms with Crippen molar-refractivity contribution >= 4 is 22.9 Å². The van der Waals surface area contributed by atoms with Crippen LogP contribution in [0.3, 0.4) is 0 Å². The number of anilines is 3.